The molecule has 3 heterocycles. The van der Waals surface area contributed by atoms with Crippen LogP contribution in [0.5, 0.6) is 5.75 Å². The van der Waals surface area contributed by atoms with Crippen LogP contribution in [-0.2, 0) is 29.2 Å². The quantitative estimate of drug-likeness (QED) is 0.627. The molecule has 3 fully saturated rings. The van der Waals surface area contributed by atoms with Crippen LogP contribution >= 0.6 is 0 Å². The molecule has 204 valence electrons. The van der Waals surface area contributed by atoms with Gasteiger partial charge in [0.25, 0.3) is 0 Å². The second kappa shape index (κ2) is 8.95. The number of benzene rings is 1. The number of piperidine rings is 1. The van der Waals surface area contributed by atoms with Crippen molar-refractivity contribution in [3.8, 4) is 5.75 Å². The van der Waals surface area contributed by atoms with Gasteiger partial charge in [0.1, 0.15) is 11.4 Å². The molecule has 1 saturated carbocycles. The maximum Gasteiger partial charge on any atom is 0.433 e. The molecule has 1 aromatic heterocycles. The Bertz CT molecular complexity index is 1260. The number of carbonyl (C=O) groups is 1. The molecule has 6 rings (SSSR count). The monoisotopic (exact) mass is 529 g/mol. The second-order valence-corrected chi connectivity index (χ2v) is 11.8. The third kappa shape index (κ3) is 4.18. The van der Waals surface area contributed by atoms with Crippen LogP contribution in [0.1, 0.15) is 60.2 Å². The van der Waals surface area contributed by atoms with Gasteiger partial charge in [-0.3, -0.25) is 9.69 Å². The van der Waals surface area contributed by atoms with E-state index in [0.717, 1.165) is 42.3 Å². The van der Waals surface area contributed by atoms with Crippen LogP contribution in [0.3, 0.4) is 0 Å². The number of amides is 1. The van der Waals surface area contributed by atoms with E-state index in [1.54, 1.807) is 4.90 Å². The summed E-state index contributed by atoms with van der Waals surface area (Å²) < 4.78 is 39.4. The maximum atomic E-state index is 13.3. The van der Waals surface area contributed by atoms with Crippen LogP contribution in [0.25, 0.3) is 0 Å². The van der Waals surface area contributed by atoms with Gasteiger partial charge >= 0.3 is 6.18 Å². The summed E-state index contributed by atoms with van der Waals surface area (Å²) in [5.41, 5.74) is 0.370. The van der Waals surface area contributed by atoms with Crippen LogP contribution in [0, 0.1) is 12.8 Å². The number of likely N-dealkylation sites (tertiary alicyclic amines) is 2. The molecule has 3 atom stereocenters. The first-order valence-electron chi connectivity index (χ1n) is 13.6. The Kier molecular flexibility index (Phi) is 6.03. The summed E-state index contributed by atoms with van der Waals surface area (Å²) in [5.74, 6) is 0.608. The number of fused-ring (bicyclic) bond motifs is 1. The van der Waals surface area contributed by atoms with E-state index in [1.165, 1.54) is 25.0 Å². The zero-order valence-corrected chi connectivity index (χ0v) is 21.6. The van der Waals surface area contributed by atoms with E-state index in [-0.39, 0.29) is 29.8 Å². The van der Waals surface area contributed by atoms with Crippen LogP contribution < -0.4 is 0 Å². The summed E-state index contributed by atoms with van der Waals surface area (Å²) in [6, 6.07) is 7.43. The molecule has 0 unspecified atom stereocenters. The molecule has 38 heavy (non-hydrogen) atoms. The number of pyridine rings is 1. The Balaban J connectivity index is 1.31. The molecule has 2 aliphatic carbocycles. The van der Waals surface area contributed by atoms with Gasteiger partial charge in [-0.15, -0.1) is 0 Å². The topological polar surface area (TPSA) is 76.9 Å². The van der Waals surface area contributed by atoms with Crippen molar-refractivity contribution in [2.45, 2.75) is 75.1 Å². The molecule has 2 bridgehead atoms. The summed E-state index contributed by atoms with van der Waals surface area (Å²) in [6.45, 7) is 4.45. The van der Waals surface area contributed by atoms with E-state index in [4.69, 9.17) is 0 Å². The number of alkyl halides is 3. The Labute approximate surface area is 220 Å². The van der Waals surface area contributed by atoms with Crippen molar-refractivity contribution in [2.24, 2.45) is 5.92 Å². The highest BCUT2D eigenvalue weighted by Gasteiger charge is 2.63. The van der Waals surface area contributed by atoms with E-state index in [2.05, 4.69) is 9.88 Å². The summed E-state index contributed by atoms with van der Waals surface area (Å²) in [5, 5.41) is 23.2. The molecule has 2 N–H and O–H groups in total. The molecule has 9 heteroatoms. The average Bonchev–Trinajstić information content (AvgIpc) is 3.69. The van der Waals surface area contributed by atoms with Gasteiger partial charge in [-0.05, 0) is 92.8 Å². The number of aromatic nitrogens is 1. The van der Waals surface area contributed by atoms with Crippen molar-refractivity contribution in [3.63, 3.8) is 0 Å². The molecular formula is C29H34F3N3O3. The Hall–Kier alpha value is -2.65. The predicted octanol–water partition coefficient (Wildman–Crippen LogP) is 3.99. The van der Waals surface area contributed by atoms with Crippen LogP contribution in [0.2, 0.25) is 0 Å². The minimum atomic E-state index is -4.57. The van der Waals surface area contributed by atoms with Crippen molar-refractivity contribution >= 4 is 5.91 Å². The van der Waals surface area contributed by atoms with E-state index < -0.39 is 22.9 Å². The molecule has 1 aromatic carbocycles. The molecule has 0 spiro atoms. The highest BCUT2D eigenvalue weighted by atomic mass is 19.4. The minimum absolute atomic E-state index is 0.0755. The summed E-state index contributed by atoms with van der Waals surface area (Å²) in [6.07, 6.45) is 0.0145. The number of phenols is 1. The van der Waals surface area contributed by atoms with Crippen LogP contribution in [0.4, 0.5) is 13.2 Å². The number of halogens is 3. The molecule has 0 radical (unpaired) electrons. The van der Waals surface area contributed by atoms with Gasteiger partial charge in [0.15, 0.2) is 0 Å². The SMILES string of the molecule is Cc1cc2c(cc1O)[C@@]13CCN(C(=O)Cc4cccc(C(F)(F)F)n4)CC[C@@]1(O)[C@@H](C2)N(CC1CC1)CC3. The zero-order chi connectivity index (χ0) is 26.9. The maximum absolute atomic E-state index is 13.3. The molecular weight excluding hydrogens is 495 g/mol. The predicted molar refractivity (Wildman–Crippen MR) is 135 cm³/mol. The summed E-state index contributed by atoms with van der Waals surface area (Å²) in [4.78, 5) is 21.1. The Morgan fingerprint density at radius 2 is 1.87 bits per heavy atom. The fourth-order valence-electron chi connectivity index (χ4n) is 7.30. The standard InChI is InChI=1S/C29H34F3N3O3/c1-18-13-20-14-25-28(38)9-12-34(26(37)15-21-3-2-4-24(33-21)29(30,31)32)10-7-27(28,22(20)16-23(18)36)8-11-35(25)17-19-5-6-19/h2-4,13,16,19,25,36,38H,5-12,14-15,17H2,1H3/t25-,27+,28-/m1/s1. The smallest absolute Gasteiger partial charge is 0.433 e. The number of rotatable bonds is 4. The first-order valence-corrected chi connectivity index (χ1v) is 13.6. The lowest BCUT2D eigenvalue weighted by molar-refractivity contribution is -0.149. The average molecular weight is 530 g/mol. The third-order valence-corrected chi connectivity index (χ3v) is 9.54. The number of phenolic OH excluding ortho intramolecular Hbond substituents is 1. The third-order valence-electron chi connectivity index (χ3n) is 9.54. The summed E-state index contributed by atoms with van der Waals surface area (Å²) in [7, 11) is 0. The highest BCUT2D eigenvalue weighted by molar-refractivity contribution is 5.78. The first kappa shape index (κ1) is 25.6. The molecule has 2 aromatic rings. The van der Waals surface area contributed by atoms with E-state index in [9.17, 15) is 28.2 Å². The highest BCUT2D eigenvalue weighted by Crippen LogP contribution is 2.57. The Morgan fingerprint density at radius 3 is 2.61 bits per heavy atom. The lowest BCUT2D eigenvalue weighted by Crippen LogP contribution is -2.71. The van der Waals surface area contributed by atoms with Gasteiger partial charge in [-0.25, -0.2) is 4.98 Å². The number of aryl methyl sites for hydroxylation is 1. The van der Waals surface area contributed by atoms with Gasteiger partial charge < -0.3 is 15.1 Å². The van der Waals surface area contributed by atoms with Gasteiger partial charge in [-0.2, -0.15) is 13.2 Å². The van der Waals surface area contributed by atoms with Crippen molar-refractivity contribution in [1.82, 2.24) is 14.8 Å². The molecule has 4 aliphatic rings. The first-order chi connectivity index (χ1) is 18.0. The van der Waals surface area contributed by atoms with E-state index >= 15 is 0 Å². The van der Waals surface area contributed by atoms with Crippen molar-refractivity contribution in [2.75, 3.05) is 26.2 Å². The minimum Gasteiger partial charge on any atom is -0.508 e. The van der Waals surface area contributed by atoms with Crippen LogP contribution in [0.15, 0.2) is 30.3 Å². The van der Waals surface area contributed by atoms with Crippen LogP contribution in [-0.4, -0.2) is 68.7 Å². The molecule has 1 amide bonds. The summed E-state index contributed by atoms with van der Waals surface area (Å²) >= 11 is 0. The number of aromatic hydroxyl groups is 1. The van der Waals surface area contributed by atoms with Gasteiger partial charge in [-0.1, -0.05) is 12.1 Å². The fraction of sp³-hybridized carbons (Fsp3) is 0.586. The number of hydrogen-bond donors (Lipinski definition) is 2. The number of carbonyl (C=O) groups excluding carboxylic acids is 1. The normalized spacial score (nSPS) is 29.4. The molecule has 6 nitrogen and oxygen atoms in total. The molecule has 2 aliphatic heterocycles. The zero-order valence-electron chi connectivity index (χ0n) is 21.6. The Morgan fingerprint density at radius 1 is 1.13 bits per heavy atom. The second-order valence-electron chi connectivity index (χ2n) is 11.8. The molecule has 2 saturated heterocycles. The van der Waals surface area contributed by atoms with Gasteiger partial charge in [0, 0.05) is 31.1 Å². The number of nitrogens with zero attached hydrogens (tertiary/aromatic N) is 3. The van der Waals surface area contributed by atoms with Crippen molar-refractivity contribution in [1.29, 1.82) is 0 Å². The van der Waals surface area contributed by atoms with Gasteiger partial charge in [0.05, 0.1) is 17.7 Å². The van der Waals surface area contributed by atoms with E-state index in [1.807, 2.05) is 19.1 Å². The number of aliphatic hydroxyl groups is 1. The van der Waals surface area contributed by atoms with E-state index in [0.29, 0.717) is 38.3 Å². The lowest BCUT2D eigenvalue weighted by atomic mass is 9.52. The largest absolute Gasteiger partial charge is 0.508 e. The van der Waals surface area contributed by atoms with Crippen molar-refractivity contribution < 1.29 is 28.2 Å². The van der Waals surface area contributed by atoms with Crippen molar-refractivity contribution in [3.05, 3.63) is 58.4 Å². The lowest BCUT2D eigenvalue weighted by Gasteiger charge is -2.61. The number of hydrogen-bond acceptors (Lipinski definition) is 5. The fourth-order valence-corrected chi connectivity index (χ4v) is 7.30. The van der Waals surface area contributed by atoms with Gasteiger partial charge in [0.2, 0.25) is 5.91 Å².